The minimum absolute atomic E-state index is 0.0972. The molecule has 6 nitrogen and oxygen atoms in total. The molecule has 29 heavy (non-hydrogen) atoms. The molecule has 2 amide bonds. The van der Waals surface area contributed by atoms with Crippen molar-refractivity contribution >= 4 is 63.1 Å². The third-order valence-corrected chi connectivity index (χ3v) is 4.56. The van der Waals surface area contributed by atoms with Crippen molar-refractivity contribution in [2.75, 3.05) is 6.61 Å². The Morgan fingerprint density at radius 1 is 0.931 bits per heavy atom. The highest BCUT2D eigenvalue weighted by Crippen LogP contribution is 2.21. The minimum atomic E-state index is -0.536. The van der Waals surface area contributed by atoms with Crippen molar-refractivity contribution in [3.8, 4) is 5.75 Å². The van der Waals surface area contributed by atoms with Crippen LogP contribution in [-0.4, -0.2) is 23.5 Å². The molecule has 3 rings (SSSR count). The molecule has 0 spiro atoms. The van der Waals surface area contributed by atoms with Gasteiger partial charge in [0.15, 0.2) is 11.7 Å². The smallest absolute Gasteiger partial charge is 0.276 e. The summed E-state index contributed by atoms with van der Waals surface area (Å²) in [7, 11) is 0. The van der Waals surface area contributed by atoms with Crippen molar-refractivity contribution in [1.29, 1.82) is 0 Å². The first-order chi connectivity index (χ1) is 13.9. The van der Waals surface area contributed by atoms with Crippen molar-refractivity contribution in [2.45, 2.75) is 0 Å². The van der Waals surface area contributed by atoms with Crippen molar-refractivity contribution in [1.82, 2.24) is 16.2 Å². The molecule has 0 saturated carbocycles. The van der Waals surface area contributed by atoms with E-state index in [1.54, 1.807) is 6.07 Å². The molecular weight excluding hydrogens is 433 g/mol. The number of halogens is 2. The Kier molecular flexibility index (Phi) is 6.87. The highest BCUT2D eigenvalue weighted by Gasteiger charge is 2.12. The number of thiocarbonyl (C=S) groups is 1. The van der Waals surface area contributed by atoms with Gasteiger partial charge in [0.25, 0.3) is 11.8 Å². The normalized spacial score (nSPS) is 10.3. The fraction of sp³-hybridized carbons (Fsp3) is 0.0500. The Morgan fingerprint density at radius 3 is 2.45 bits per heavy atom. The molecule has 148 valence electrons. The number of rotatable bonds is 4. The van der Waals surface area contributed by atoms with Crippen LogP contribution in [-0.2, 0) is 4.79 Å². The van der Waals surface area contributed by atoms with E-state index in [1.807, 2.05) is 36.4 Å². The molecule has 0 aromatic heterocycles. The monoisotopic (exact) mass is 447 g/mol. The number of amides is 2. The van der Waals surface area contributed by atoms with Crippen LogP contribution in [0.2, 0.25) is 10.0 Å². The topological polar surface area (TPSA) is 79.5 Å². The van der Waals surface area contributed by atoms with E-state index in [9.17, 15) is 9.59 Å². The summed E-state index contributed by atoms with van der Waals surface area (Å²) in [4.78, 5) is 24.1. The van der Waals surface area contributed by atoms with Crippen LogP contribution in [0.4, 0.5) is 0 Å². The van der Waals surface area contributed by atoms with Crippen LogP contribution in [0.3, 0.4) is 0 Å². The van der Waals surface area contributed by atoms with Gasteiger partial charge in [-0.2, -0.15) is 0 Å². The second kappa shape index (κ2) is 9.56. The molecule has 9 heteroatoms. The summed E-state index contributed by atoms with van der Waals surface area (Å²) in [5, 5.41) is 4.99. The number of ether oxygens (including phenoxy) is 1. The highest BCUT2D eigenvalue weighted by atomic mass is 35.5. The number of nitrogens with one attached hydrogen (secondary N) is 3. The molecule has 0 atom stereocenters. The zero-order chi connectivity index (χ0) is 20.8. The number of fused-ring (bicyclic) bond motifs is 1. The largest absolute Gasteiger partial charge is 0.484 e. The first-order valence-electron chi connectivity index (χ1n) is 8.39. The lowest BCUT2D eigenvalue weighted by molar-refractivity contribution is -0.123. The zero-order valence-electron chi connectivity index (χ0n) is 14.9. The van der Waals surface area contributed by atoms with Gasteiger partial charge >= 0.3 is 0 Å². The lowest BCUT2D eigenvalue weighted by atomic mass is 10.1. The van der Waals surface area contributed by atoms with E-state index in [2.05, 4.69) is 16.2 Å². The van der Waals surface area contributed by atoms with E-state index < -0.39 is 11.8 Å². The van der Waals surface area contributed by atoms with Gasteiger partial charge in [-0.25, -0.2) is 0 Å². The van der Waals surface area contributed by atoms with Gasteiger partial charge in [-0.15, -0.1) is 0 Å². The third-order valence-electron chi connectivity index (χ3n) is 3.81. The van der Waals surface area contributed by atoms with Gasteiger partial charge < -0.3 is 4.74 Å². The number of benzene rings is 3. The van der Waals surface area contributed by atoms with Gasteiger partial charge in [-0.1, -0.05) is 53.5 Å². The molecular formula is C20H15Cl2N3O3S. The van der Waals surface area contributed by atoms with Gasteiger partial charge in [-0.3, -0.25) is 25.8 Å². The van der Waals surface area contributed by atoms with Gasteiger partial charge in [0, 0.05) is 5.02 Å². The second-order valence-electron chi connectivity index (χ2n) is 5.88. The third kappa shape index (κ3) is 5.80. The van der Waals surface area contributed by atoms with Crippen molar-refractivity contribution in [2.24, 2.45) is 0 Å². The highest BCUT2D eigenvalue weighted by molar-refractivity contribution is 7.80. The molecule has 0 bridgehead atoms. The minimum Gasteiger partial charge on any atom is -0.484 e. The number of carbonyl (C=O) groups excluding carboxylic acids is 2. The predicted molar refractivity (Wildman–Crippen MR) is 117 cm³/mol. The Morgan fingerprint density at radius 2 is 1.69 bits per heavy atom. The molecule has 0 aliphatic carbocycles. The van der Waals surface area contributed by atoms with Crippen LogP contribution in [0.5, 0.6) is 5.75 Å². The summed E-state index contributed by atoms with van der Waals surface area (Å²) in [6, 6.07) is 17.8. The maximum absolute atomic E-state index is 12.1. The number of carbonyl (C=O) groups is 2. The molecule has 0 heterocycles. The summed E-state index contributed by atoms with van der Waals surface area (Å²) in [6.07, 6.45) is 0. The van der Waals surface area contributed by atoms with Crippen LogP contribution in [0.25, 0.3) is 10.8 Å². The number of hydrogen-bond donors (Lipinski definition) is 3. The van der Waals surface area contributed by atoms with Crippen molar-refractivity contribution < 1.29 is 14.3 Å². The molecule has 0 aliphatic rings. The van der Waals surface area contributed by atoms with Gasteiger partial charge in [0.1, 0.15) is 5.75 Å². The first-order valence-corrected chi connectivity index (χ1v) is 9.55. The molecule has 3 aromatic carbocycles. The molecule has 0 radical (unpaired) electrons. The van der Waals surface area contributed by atoms with Gasteiger partial charge in [0.2, 0.25) is 0 Å². The molecule has 0 saturated heterocycles. The molecule has 0 fully saturated rings. The average Bonchev–Trinajstić information content (AvgIpc) is 2.70. The van der Waals surface area contributed by atoms with E-state index in [0.717, 1.165) is 10.8 Å². The van der Waals surface area contributed by atoms with Gasteiger partial charge in [0.05, 0.1) is 10.6 Å². The van der Waals surface area contributed by atoms with Crippen LogP contribution in [0.1, 0.15) is 10.4 Å². The van der Waals surface area contributed by atoms with Crippen LogP contribution in [0.15, 0.2) is 60.7 Å². The van der Waals surface area contributed by atoms with Crippen LogP contribution < -0.4 is 20.9 Å². The summed E-state index contributed by atoms with van der Waals surface area (Å²) in [5.41, 5.74) is 4.98. The van der Waals surface area contributed by atoms with E-state index in [4.69, 9.17) is 40.2 Å². The standard InChI is InChI=1S/C20H15Cl2N3O3S/c21-14-6-8-16(17(22)10-14)19(27)23-20(29)25-24-18(26)11-28-15-7-5-12-3-1-2-4-13(12)9-15/h1-10H,11H2,(H,24,26)(H2,23,25,27,29). The molecule has 0 unspecified atom stereocenters. The Hall–Kier alpha value is -2.87. The second-order valence-corrected chi connectivity index (χ2v) is 7.13. The van der Waals surface area contributed by atoms with E-state index in [1.165, 1.54) is 18.2 Å². The average molecular weight is 448 g/mol. The lowest BCUT2D eigenvalue weighted by Gasteiger charge is -2.12. The summed E-state index contributed by atoms with van der Waals surface area (Å²) in [6.45, 7) is -0.231. The van der Waals surface area contributed by atoms with Crippen LogP contribution in [0, 0.1) is 0 Å². The quantitative estimate of drug-likeness (QED) is 0.417. The summed E-state index contributed by atoms with van der Waals surface area (Å²) >= 11 is 16.8. The number of hydrazine groups is 1. The fourth-order valence-corrected chi connectivity index (χ4v) is 3.08. The molecule has 0 aliphatic heterocycles. The number of hydrogen-bond acceptors (Lipinski definition) is 4. The van der Waals surface area contributed by atoms with E-state index >= 15 is 0 Å². The molecule has 3 N–H and O–H groups in total. The lowest BCUT2D eigenvalue weighted by Crippen LogP contribution is -2.49. The van der Waals surface area contributed by atoms with E-state index in [-0.39, 0.29) is 22.3 Å². The van der Waals surface area contributed by atoms with Crippen LogP contribution >= 0.6 is 35.4 Å². The SMILES string of the molecule is O=C(COc1ccc2ccccc2c1)NNC(=S)NC(=O)c1ccc(Cl)cc1Cl. The fourth-order valence-electron chi connectivity index (χ4n) is 2.44. The molecule has 3 aromatic rings. The maximum Gasteiger partial charge on any atom is 0.276 e. The van der Waals surface area contributed by atoms with Crippen molar-refractivity contribution in [3.05, 3.63) is 76.3 Å². The Labute approximate surface area is 182 Å². The zero-order valence-corrected chi connectivity index (χ0v) is 17.2. The Bertz CT molecular complexity index is 1090. The maximum atomic E-state index is 12.1. The Balaban J connectivity index is 1.45. The predicted octanol–water partition coefficient (Wildman–Crippen LogP) is 3.86. The van der Waals surface area contributed by atoms with Crippen molar-refractivity contribution in [3.63, 3.8) is 0 Å². The first kappa shape index (κ1) is 20.9. The van der Waals surface area contributed by atoms with Gasteiger partial charge in [-0.05, 0) is 53.3 Å². The summed E-state index contributed by atoms with van der Waals surface area (Å²) < 4.78 is 5.47. The van der Waals surface area contributed by atoms with E-state index in [0.29, 0.717) is 10.8 Å². The summed E-state index contributed by atoms with van der Waals surface area (Å²) in [5.74, 6) is -0.447.